The van der Waals surface area contributed by atoms with Gasteiger partial charge in [-0.3, -0.25) is 4.79 Å². The van der Waals surface area contributed by atoms with Gasteiger partial charge in [0.2, 0.25) is 5.91 Å². The number of hydrogen-bond donors (Lipinski definition) is 1. The summed E-state index contributed by atoms with van der Waals surface area (Å²) in [6.07, 6.45) is 0.617. The van der Waals surface area contributed by atoms with Gasteiger partial charge in [0.1, 0.15) is 5.69 Å². The fraction of sp³-hybridized carbons (Fsp3) is 0.333. The van der Waals surface area contributed by atoms with Crippen LogP contribution in [0.4, 0.5) is 0 Å². The van der Waals surface area contributed by atoms with Crippen molar-refractivity contribution in [2.24, 2.45) is 0 Å². The maximum Gasteiger partial charge on any atom is 0.269 e. The quantitative estimate of drug-likeness (QED) is 0.909. The Labute approximate surface area is 120 Å². The Balaban J connectivity index is 2.03. The van der Waals surface area contributed by atoms with Gasteiger partial charge in [-0.05, 0) is 42.7 Å². The topological polar surface area (TPSA) is 89.3 Å². The molecule has 0 spiro atoms. The normalized spacial score (nSPS) is 11.5. The number of carbonyl (C=O) groups is 1. The van der Waals surface area contributed by atoms with Crippen LogP contribution in [0.2, 0.25) is 0 Å². The molecular weight excluding hydrogens is 300 g/mol. The van der Waals surface area contributed by atoms with Crippen molar-refractivity contribution in [1.82, 2.24) is 9.88 Å². The lowest BCUT2D eigenvalue weighted by molar-refractivity contribution is -0.119. The van der Waals surface area contributed by atoms with E-state index in [-0.39, 0.29) is 22.8 Å². The van der Waals surface area contributed by atoms with Crippen LogP contribution in [-0.4, -0.2) is 19.5 Å². The molecule has 2 rings (SSSR count). The molecule has 0 aliphatic rings. The summed E-state index contributed by atoms with van der Waals surface area (Å²) >= 11 is 1.54. The van der Waals surface area contributed by atoms with Crippen molar-refractivity contribution in [2.45, 2.75) is 31.6 Å². The minimum Gasteiger partial charge on any atom is -0.360 e. The van der Waals surface area contributed by atoms with Crippen molar-refractivity contribution in [2.75, 3.05) is 0 Å². The van der Waals surface area contributed by atoms with E-state index in [1.165, 1.54) is 25.2 Å². The fourth-order valence-corrected chi connectivity index (χ4v) is 3.85. The lowest BCUT2D eigenvalue weighted by atomic mass is 10.2. The largest absolute Gasteiger partial charge is 0.360 e. The standard InChI is InChI=1S/C12H14N2O4S2/c1-8-12(9(2)18-13-8)20(16,17)14-11(15)4-3-10-5-6-19-7-10/h5-7H,3-4H2,1-2H3,(H,14,15). The van der Waals surface area contributed by atoms with Crippen LogP contribution in [0.3, 0.4) is 0 Å². The van der Waals surface area contributed by atoms with Crippen LogP contribution in [0.5, 0.6) is 0 Å². The molecule has 1 amide bonds. The van der Waals surface area contributed by atoms with E-state index in [9.17, 15) is 13.2 Å². The van der Waals surface area contributed by atoms with Gasteiger partial charge in [0.05, 0.1) is 0 Å². The zero-order valence-electron chi connectivity index (χ0n) is 11.0. The molecule has 0 bridgehead atoms. The Bertz CT molecular complexity index is 682. The Morgan fingerprint density at radius 1 is 1.45 bits per heavy atom. The number of thiophene rings is 1. The van der Waals surface area contributed by atoms with Gasteiger partial charge in [0, 0.05) is 6.42 Å². The second-order valence-electron chi connectivity index (χ2n) is 4.31. The molecule has 0 aliphatic heterocycles. The van der Waals surface area contributed by atoms with E-state index in [1.807, 2.05) is 21.5 Å². The third-order valence-electron chi connectivity index (χ3n) is 2.71. The number of sulfonamides is 1. The van der Waals surface area contributed by atoms with E-state index in [0.29, 0.717) is 6.42 Å². The smallest absolute Gasteiger partial charge is 0.269 e. The minimum absolute atomic E-state index is 0.0682. The number of aryl methyl sites for hydroxylation is 3. The van der Waals surface area contributed by atoms with E-state index < -0.39 is 15.9 Å². The number of nitrogens with zero attached hydrogens (tertiary/aromatic N) is 1. The number of amides is 1. The molecule has 0 unspecified atom stereocenters. The highest BCUT2D eigenvalue weighted by atomic mass is 32.2. The van der Waals surface area contributed by atoms with Crippen LogP contribution in [0.15, 0.2) is 26.2 Å². The summed E-state index contributed by atoms with van der Waals surface area (Å²) in [4.78, 5) is 11.7. The predicted octanol–water partition coefficient (Wildman–Crippen LogP) is 1.79. The first-order chi connectivity index (χ1) is 9.40. The zero-order valence-corrected chi connectivity index (χ0v) is 12.7. The molecule has 0 aromatic carbocycles. The van der Waals surface area contributed by atoms with Gasteiger partial charge >= 0.3 is 0 Å². The lowest BCUT2D eigenvalue weighted by Crippen LogP contribution is -2.31. The van der Waals surface area contributed by atoms with Crippen LogP contribution < -0.4 is 4.72 Å². The van der Waals surface area contributed by atoms with Gasteiger partial charge in [-0.25, -0.2) is 13.1 Å². The third-order valence-corrected chi connectivity index (χ3v) is 5.05. The molecule has 0 saturated carbocycles. The summed E-state index contributed by atoms with van der Waals surface area (Å²) in [7, 11) is -3.92. The summed E-state index contributed by atoms with van der Waals surface area (Å²) in [6.45, 7) is 3.01. The monoisotopic (exact) mass is 314 g/mol. The van der Waals surface area contributed by atoms with Crippen LogP contribution in [0.25, 0.3) is 0 Å². The SMILES string of the molecule is Cc1noc(C)c1S(=O)(=O)NC(=O)CCc1ccsc1. The van der Waals surface area contributed by atoms with Gasteiger partial charge < -0.3 is 4.52 Å². The van der Waals surface area contributed by atoms with Crippen molar-refractivity contribution in [3.8, 4) is 0 Å². The number of aromatic nitrogens is 1. The van der Waals surface area contributed by atoms with Crippen LogP contribution in [-0.2, 0) is 21.2 Å². The molecule has 0 saturated heterocycles. The van der Waals surface area contributed by atoms with Gasteiger partial charge in [0.15, 0.2) is 10.7 Å². The predicted molar refractivity (Wildman–Crippen MR) is 73.9 cm³/mol. The Morgan fingerprint density at radius 2 is 2.20 bits per heavy atom. The van der Waals surface area contributed by atoms with E-state index in [0.717, 1.165) is 5.56 Å². The number of hydrogen-bond acceptors (Lipinski definition) is 6. The van der Waals surface area contributed by atoms with Crippen molar-refractivity contribution < 1.29 is 17.7 Å². The molecule has 0 atom stereocenters. The molecule has 20 heavy (non-hydrogen) atoms. The lowest BCUT2D eigenvalue weighted by Gasteiger charge is -2.05. The molecule has 8 heteroatoms. The van der Waals surface area contributed by atoms with E-state index >= 15 is 0 Å². The second-order valence-corrected chi connectivity index (χ2v) is 6.71. The zero-order chi connectivity index (χ0) is 14.8. The molecule has 2 heterocycles. The van der Waals surface area contributed by atoms with Crippen molar-refractivity contribution in [1.29, 1.82) is 0 Å². The van der Waals surface area contributed by atoms with E-state index in [1.54, 1.807) is 0 Å². The molecular formula is C12H14N2O4S2. The molecule has 0 aliphatic carbocycles. The Morgan fingerprint density at radius 3 is 2.75 bits per heavy atom. The van der Waals surface area contributed by atoms with E-state index in [2.05, 4.69) is 5.16 Å². The molecule has 6 nitrogen and oxygen atoms in total. The molecule has 1 N–H and O–H groups in total. The molecule has 2 aromatic rings. The number of rotatable bonds is 5. The summed E-state index contributed by atoms with van der Waals surface area (Å²) in [5.74, 6) is -0.378. The molecule has 0 fully saturated rings. The number of nitrogens with one attached hydrogen (secondary N) is 1. The molecule has 108 valence electrons. The van der Waals surface area contributed by atoms with Gasteiger partial charge in [-0.2, -0.15) is 11.3 Å². The average Bonchev–Trinajstić information content (AvgIpc) is 2.96. The van der Waals surface area contributed by atoms with Crippen LogP contribution in [0, 0.1) is 13.8 Å². The number of carbonyl (C=O) groups excluding carboxylic acids is 1. The fourth-order valence-electron chi connectivity index (χ4n) is 1.80. The maximum atomic E-state index is 12.1. The summed E-state index contributed by atoms with van der Waals surface area (Å²) < 4.78 is 31.0. The van der Waals surface area contributed by atoms with Crippen molar-refractivity contribution >= 4 is 27.3 Å². The first-order valence-electron chi connectivity index (χ1n) is 5.90. The van der Waals surface area contributed by atoms with E-state index in [4.69, 9.17) is 4.52 Å². The van der Waals surface area contributed by atoms with Crippen molar-refractivity contribution in [3.05, 3.63) is 33.8 Å². The highest BCUT2D eigenvalue weighted by molar-refractivity contribution is 7.90. The summed E-state index contributed by atoms with van der Waals surface area (Å²) in [6, 6.07) is 1.90. The van der Waals surface area contributed by atoms with Crippen molar-refractivity contribution in [3.63, 3.8) is 0 Å². The third kappa shape index (κ3) is 3.26. The summed E-state index contributed by atoms with van der Waals surface area (Å²) in [5.41, 5.74) is 1.25. The van der Waals surface area contributed by atoms with Gasteiger partial charge in [-0.15, -0.1) is 0 Å². The maximum absolute atomic E-state index is 12.1. The minimum atomic E-state index is -3.92. The highest BCUT2D eigenvalue weighted by Crippen LogP contribution is 2.18. The first kappa shape index (κ1) is 14.7. The van der Waals surface area contributed by atoms with Gasteiger partial charge in [0.25, 0.3) is 10.0 Å². The second kappa shape index (κ2) is 5.76. The Hall–Kier alpha value is -1.67. The molecule has 2 aromatic heterocycles. The average molecular weight is 314 g/mol. The first-order valence-corrected chi connectivity index (χ1v) is 8.32. The summed E-state index contributed by atoms with van der Waals surface area (Å²) in [5, 5.41) is 7.41. The molecule has 0 radical (unpaired) electrons. The van der Waals surface area contributed by atoms with Crippen LogP contribution in [0.1, 0.15) is 23.4 Å². The highest BCUT2D eigenvalue weighted by Gasteiger charge is 2.25. The Kier molecular flexibility index (Phi) is 4.24. The van der Waals surface area contributed by atoms with Crippen LogP contribution >= 0.6 is 11.3 Å². The van der Waals surface area contributed by atoms with Gasteiger partial charge in [-0.1, -0.05) is 5.16 Å².